The van der Waals surface area contributed by atoms with Crippen LogP contribution in [0.3, 0.4) is 0 Å². The second-order valence-electron chi connectivity index (χ2n) is 3.68. The summed E-state index contributed by atoms with van der Waals surface area (Å²) in [6.07, 6.45) is 0. The number of Topliss-reactive ketones (excluding diaryl/α,β-unsaturated/α-hetero) is 1. The first-order chi connectivity index (χ1) is 9.11. The first kappa shape index (κ1) is 18.8. The standard InChI is InChI=1S/C14H16O5.Na/c1-3-18-13(16)11(10-8-6-5-7-9-10)12(15)14(17)19-4-2;/h5-9,11H,3-4H2,1-2H3;. The van der Waals surface area contributed by atoms with Gasteiger partial charge in [0.05, 0.1) is 13.2 Å². The van der Waals surface area contributed by atoms with Crippen LogP contribution in [0.2, 0.25) is 0 Å². The van der Waals surface area contributed by atoms with E-state index in [2.05, 4.69) is 4.74 Å². The van der Waals surface area contributed by atoms with Crippen molar-refractivity contribution < 1.29 is 23.9 Å². The van der Waals surface area contributed by atoms with Crippen molar-refractivity contribution in [3.05, 3.63) is 35.9 Å². The van der Waals surface area contributed by atoms with E-state index < -0.39 is 23.6 Å². The Morgan fingerprint density at radius 2 is 1.55 bits per heavy atom. The minimum absolute atomic E-state index is 0. The third-order valence-electron chi connectivity index (χ3n) is 2.39. The van der Waals surface area contributed by atoms with Crippen molar-refractivity contribution in [2.75, 3.05) is 13.2 Å². The molecule has 0 fully saturated rings. The number of rotatable bonds is 6. The molecular formula is C14H16NaO5. The molecular weight excluding hydrogens is 271 g/mol. The second-order valence-corrected chi connectivity index (χ2v) is 3.68. The summed E-state index contributed by atoms with van der Waals surface area (Å²) in [6.45, 7) is 3.44. The van der Waals surface area contributed by atoms with Gasteiger partial charge in [-0.05, 0) is 19.4 Å². The third-order valence-corrected chi connectivity index (χ3v) is 2.39. The zero-order valence-electron chi connectivity index (χ0n) is 11.9. The van der Waals surface area contributed by atoms with E-state index in [1.54, 1.807) is 44.2 Å². The molecule has 1 radical (unpaired) electrons. The maximum Gasteiger partial charge on any atom is 0.375 e. The second kappa shape index (κ2) is 9.69. The molecule has 1 aromatic carbocycles. The van der Waals surface area contributed by atoms with Crippen LogP contribution in [0.15, 0.2) is 30.3 Å². The molecule has 0 saturated heterocycles. The van der Waals surface area contributed by atoms with Crippen molar-refractivity contribution in [1.29, 1.82) is 0 Å². The topological polar surface area (TPSA) is 69.7 Å². The Kier molecular flexibility index (Phi) is 9.12. The van der Waals surface area contributed by atoms with E-state index in [1.807, 2.05) is 0 Å². The molecule has 0 spiro atoms. The Hall–Kier alpha value is -1.17. The van der Waals surface area contributed by atoms with Crippen LogP contribution in [0.5, 0.6) is 0 Å². The van der Waals surface area contributed by atoms with Crippen molar-refractivity contribution >= 4 is 47.3 Å². The van der Waals surface area contributed by atoms with Gasteiger partial charge in [-0.2, -0.15) is 0 Å². The van der Waals surface area contributed by atoms with Crippen LogP contribution < -0.4 is 0 Å². The Bertz CT molecular complexity index is 458. The van der Waals surface area contributed by atoms with Gasteiger partial charge in [0.15, 0.2) is 5.92 Å². The zero-order chi connectivity index (χ0) is 14.3. The van der Waals surface area contributed by atoms with Crippen molar-refractivity contribution in [2.24, 2.45) is 0 Å². The molecule has 0 bridgehead atoms. The number of hydrogen-bond acceptors (Lipinski definition) is 5. The summed E-state index contributed by atoms with van der Waals surface area (Å²) < 4.78 is 9.48. The summed E-state index contributed by atoms with van der Waals surface area (Å²) in [6, 6.07) is 8.30. The predicted octanol–water partition coefficient (Wildman–Crippen LogP) is 1.08. The molecule has 0 N–H and O–H groups in total. The van der Waals surface area contributed by atoms with Crippen molar-refractivity contribution in [3.63, 3.8) is 0 Å². The Balaban J connectivity index is 0.00000361. The molecule has 0 aliphatic carbocycles. The maximum atomic E-state index is 12.0. The molecule has 0 amide bonds. The summed E-state index contributed by atoms with van der Waals surface area (Å²) in [5.41, 5.74) is 0.416. The monoisotopic (exact) mass is 287 g/mol. The third kappa shape index (κ3) is 5.07. The summed E-state index contributed by atoms with van der Waals surface area (Å²) in [5.74, 6) is -3.94. The molecule has 1 atom stereocenters. The summed E-state index contributed by atoms with van der Waals surface area (Å²) in [5, 5.41) is 0. The number of ether oxygens (including phenoxy) is 2. The Morgan fingerprint density at radius 1 is 1.00 bits per heavy atom. The number of esters is 2. The van der Waals surface area contributed by atoms with Crippen LogP contribution in [0.4, 0.5) is 0 Å². The fourth-order valence-corrected chi connectivity index (χ4v) is 1.59. The molecule has 1 aromatic rings. The van der Waals surface area contributed by atoms with E-state index in [9.17, 15) is 14.4 Å². The molecule has 0 heterocycles. The number of ketones is 1. The van der Waals surface area contributed by atoms with E-state index in [0.717, 1.165) is 0 Å². The van der Waals surface area contributed by atoms with Gasteiger partial charge in [0.1, 0.15) is 0 Å². The Morgan fingerprint density at radius 3 is 2.05 bits per heavy atom. The van der Waals surface area contributed by atoms with Gasteiger partial charge in [-0.1, -0.05) is 30.3 Å². The molecule has 103 valence electrons. The van der Waals surface area contributed by atoms with Crippen LogP contribution in [0, 0.1) is 0 Å². The smallest absolute Gasteiger partial charge is 0.375 e. The molecule has 6 heteroatoms. The number of hydrogen-bond donors (Lipinski definition) is 0. The van der Waals surface area contributed by atoms with Crippen molar-refractivity contribution in [2.45, 2.75) is 19.8 Å². The van der Waals surface area contributed by atoms with Gasteiger partial charge in [0.25, 0.3) is 5.78 Å². The summed E-state index contributed by atoms with van der Waals surface area (Å²) in [4.78, 5) is 35.3. The SMILES string of the molecule is CCOC(=O)C(=O)C(C(=O)OCC)c1ccccc1.[Na]. The minimum Gasteiger partial charge on any atom is -0.465 e. The van der Waals surface area contributed by atoms with Gasteiger partial charge in [-0.25, -0.2) is 4.79 Å². The quantitative estimate of drug-likeness (QED) is 0.339. The first-order valence-corrected chi connectivity index (χ1v) is 6.04. The molecule has 0 aromatic heterocycles. The van der Waals surface area contributed by atoms with Gasteiger partial charge < -0.3 is 9.47 Å². The van der Waals surface area contributed by atoms with E-state index in [1.165, 1.54) is 0 Å². The minimum atomic E-state index is -1.26. The number of carbonyl (C=O) groups is 3. The molecule has 20 heavy (non-hydrogen) atoms. The van der Waals surface area contributed by atoms with Crippen LogP contribution >= 0.6 is 0 Å². The zero-order valence-corrected chi connectivity index (χ0v) is 13.9. The average molecular weight is 287 g/mol. The van der Waals surface area contributed by atoms with Crippen LogP contribution in [0.25, 0.3) is 0 Å². The summed E-state index contributed by atoms with van der Waals surface area (Å²) >= 11 is 0. The van der Waals surface area contributed by atoms with Crippen LogP contribution in [0.1, 0.15) is 25.3 Å². The molecule has 1 rings (SSSR count). The van der Waals surface area contributed by atoms with Gasteiger partial charge in [0.2, 0.25) is 0 Å². The van der Waals surface area contributed by atoms with E-state index in [4.69, 9.17) is 4.74 Å². The van der Waals surface area contributed by atoms with Crippen molar-refractivity contribution in [3.8, 4) is 0 Å². The normalized spacial score (nSPS) is 10.9. The van der Waals surface area contributed by atoms with E-state index in [-0.39, 0.29) is 42.8 Å². The van der Waals surface area contributed by atoms with Gasteiger partial charge in [-0.15, -0.1) is 0 Å². The van der Waals surface area contributed by atoms with Crippen LogP contribution in [-0.4, -0.2) is 60.5 Å². The first-order valence-electron chi connectivity index (χ1n) is 6.04. The van der Waals surface area contributed by atoms with Gasteiger partial charge >= 0.3 is 11.9 Å². The van der Waals surface area contributed by atoms with Gasteiger partial charge in [-0.3, -0.25) is 9.59 Å². The fraction of sp³-hybridized carbons (Fsp3) is 0.357. The van der Waals surface area contributed by atoms with Crippen LogP contribution in [-0.2, 0) is 23.9 Å². The predicted molar refractivity (Wildman–Crippen MR) is 73.2 cm³/mol. The number of carbonyl (C=O) groups excluding carboxylic acids is 3. The van der Waals surface area contributed by atoms with Crippen molar-refractivity contribution in [1.82, 2.24) is 0 Å². The van der Waals surface area contributed by atoms with E-state index in [0.29, 0.717) is 5.56 Å². The Labute approximate surface area is 139 Å². The maximum absolute atomic E-state index is 12.0. The average Bonchev–Trinajstić information content (AvgIpc) is 2.40. The molecule has 0 aliphatic rings. The fourth-order valence-electron chi connectivity index (χ4n) is 1.59. The molecule has 1 unspecified atom stereocenters. The molecule has 5 nitrogen and oxygen atoms in total. The van der Waals surface area contributed by atoms with Gasteiger partial charge in [0, 0.05) is 29.6 Å². The summed E-state index contributed by atoms with van der Waals surface area (Å²) in [7, 11) is 0. The number of benzene rings is 1. The molecule has 0 saturated carbocycles. The largest absolute Gasteiger partial charge is 0.465 e. The van der Waals surface area contributed by atoms with E-state index >= 15 is 0 Å². The molecule has 0 aliphatic heterocycles.